The molecule has 0 amide bonds. The number of methoxy groups -OCH3 is 1. The Hall–Kier alpha value is -1.20. The lowest BCUT2D eigenvalue weighted by atomic mass is 9.89. The molecule has 166 valence electrons. The molecule has 6 nitrogen and oxygen atoms in total. The third-order valence-corrected chi connectivity index (χ3v) is 10.9. The molecule has 4 rings (SSSR count). The van der Waals surface area contributed by atoms with Crippen LogP contribution in [0, 0.1) is 6.92 Å². The van der Waals surface area contributed by atoms with Crippen LogP contribution in [0.2, 0.25) is 0 Å². The monoisotopic (exact) mass is 433 g/mol. The Morgan fingerprint density at radius 1 is 1.03 bits per heavy atom. The maximum Gasteiger partial charge on any atom is 0.325 e. The molecule has 5 atom stereocenters. The van der Waals surface area contributed by atoms with Gasteiger partial charge in [-0.3, -0.25) is 9.36 Å². The number of benzene rings is 1. The summed E-state index contributed by atoms with van der Waals surface area (Å²) < 4.78 is 26.9. The van der Waals surface area contributed by atoms with Gasteiger partial charge < -0.3 is 4.74 Å². The van der Waals surface area contributed by atoms with Crippen LogP contribution < -0.4 is 0 Å². The van der Waals surface area contributed by atoms with E-state index in [0.29, 0.717) is 0 Å². The molecule has 1 aliphatic carbocycles. The van der Waals surface area contributed by atoms with Crippen LogP contribution in [0.15, 0.2) is 24.3 Å². The minimum atomic E-state index is -3.13. The van der Waals surface area contributed by atoms with Crippen LogP contribution in [-0.2, 0) is 14.1 Å². The van der Waals surface area contributed by atoms with Gasteiger partial charge in [0.15, 0.2) is 0 Å². The smallest absolute Gasteiger partial charge is 0.325 e. The predicted octanol–water partition coefficient (Wildman–Crippen LogP) is 4.75. The van der Waals surface area contributed by atoms with Crippen molar-refractivity contribution in [2.75, 3.05) is 7.11 Å². The summed E-state index contributed by atoms with van der Waals surface area (Å²) >= 11 is 0. The van der Waals surface area contributed by atoms with Crippen LogP contribution in [0.3, 0.4) is 0 Å². The number of ether oxygens (including phenoxy) is 1. The molecule has 2 heterocycles. The predicted molar refractivity (Wildman–Crippen MR) is 119 cm³/mol. The molecule has 1 saturated carbocycles. The Balaban J connectivity index is 1.84. The zero-order valence-electron chi connectivity index (χ0n) is 19.1. The Bertz CT molecular complexity index is 830. The molecule has 3 fully saturated rings. The van der Waals surface area contributed by atoms with E-state index in [1.165, 1.54) is 20.0 Å². The van der Waals surface area contributed by atoms with Crippen LogP contribution >= 0.6 is 7.59 Å². The molecular weight excluding hydrogens is 397 g/mol. The van der Waals surface area contributed by atoms with Crippen LogP contribution in [0.4, 0.5) is 0 Å². The van der Waals surface area contributed by atoms with Crippen LogP contribution in [0.1, 0.15) is 70.5 Å². The largest absolute Gasteiger partial charge is 0.468 e. The average Bonchev–Trinajstić information content (AvgIpc) is 3.38. The van der Waals surface area contributed by atoms with Gasteiger partial charge in [0.25, 0.3) is 7.59 Å². The lowest BCUT2D eigenvalue weighted by Crippen LogP contribution is -2.43. The Labute approximate surface area is 181 Å². The fourth-order valence-corrected chi connectivity index (χ4v) is 10.2. The van der Waals surface area contributed by atoms with Crippen molar-refractivity contribution >= 4 is 13.6 Å². The third kappa shape index (κ3) is 3.19. The van der Waals surface area contributed by atoms with Gasteiger partial charge in [-0.1, -0.05) is 37.1 Å². The molecule has 1 unspecified atom stereocenters. The highest BCUT2D eigenvalue weighted by atomic mass is 31.2. The van der Waals surface area contributed by atoms with E-state index in [1.54, 1.807) is 0 Å². The minimum absolute atomic E-state index is 0.140. The summed E-state index contributed by atoms with van der Waals surface area (Å²) in [5.41, 5.74) is 2.19. The van der Waals surface area contributed by atoms with Gasteiger partial charge in [0.2, 0.25) is 0 Å². The molecule has 0 aromatic heterocycles. The van der Waals surface area contributed by atoms with Crippen molar-refractivity contribution in [3.63, 3.8) is 0 Å². The maximum atomic E-state index is 15.2. The Morgan fingerprint density at radius 3 is 2.03 bits per heavy atom. The summed E-state index contributed by atoms with van der Waals surface area (Å²) in [5, 5.41) is 0. The van der Waals surface area contributed by atoms with Gasteiger partial charge in [-0.15, -0.1) is 0 Å². The molecule has 0 spiro atoms. The van der Waals surface area contributed by atoms with Crippen LogP contribution in [0.25, 0.3) is 0 Å². The number of aryl methyl sites for hydroxylation is 1. The van der Waals surface area contributed by atoms with Crippen molar-refractivity contribution in [2.24, 2.45) is 0 Å². The second-order valence-electron chi connectivity index (χ2n) is 9.53. The van der Waals surface area contributed by atoms with Crippen molar-refractivity contribution in [2.45, 2.75) is 96.6 Å². The second-order valence-corrected chi connectivity index (χ2v) is 11.9. The zero-order valence-corrected chi connectivity index (χ0v) is 20.0. The normalized spacial score (nSPS) is 33.7. The molecule has 0 N–H and O–H groups in total. The van der Waals surface area contributed by atoms with Crippen LogP contribution in [-0.4, -0.2) is 57.3 Å². The molecule has 0 radical (unpaired) electrons. The highest BCUT2D eigenvalue weighted by Gasteiger charge is 2.71. The lowest BCUT2D eigenvalue weighted by molar-refractivity contribution is -0.140. The topological polar surface area (TPSA) is 52.9 Å². The van der Waals surface area contributed by atoms with Gasteiger partial charge in [-0.25, -0.2) is 14.0 Å². The number of fused-ring (bicyclic) bond motifs is 1. The molecule has 2 aliphatic heterocycles. The number of hydrogen-bond donors (Lipinski definition) is 0. The molecule has 7 heteroatoms. The first-order chi connectivity index (χ1) is 14.2. The number of esters is 1. The number of nitrogens with zero attached hydrogens (tertiary/aromatic N) is 3. The third-order valence-electron chi connectivity index (χ3n) is 7.06. The van der Waals surface area contributed by atoms with E-state index >= 15 is 4.57 Å². The number of carbonyl (C=O) groups excluding carboxylic acids is 1. The molecule has 3 aliphatic rings. The van der Waals surface area contributed by atoms with Gasteiger partial charge in [0, 0.05) is 24.2 Å². The van der Waals surface area contributed by atoms with Gasteiger partial charge in [0.1, 0.15) is 6.04 Å². The Kier molecular flexibility index (Phi) is 5.91. The van der Waals surface area contributed by atoms with Crippen LogP contribution in [0.5, 0.6) is 0 Å². The van der Waals surface area contributed by atoms with E-state index in [1.807, 2.05) is 16.8 Å². The standard InChI is InChI=1S/C23H36N3O3P/c1-15(2)24-19-13-9-10-14-20(19)25(16(3)4)30(24,28)26-21(22(26)23(27)29-6)18-12-8-7-11-17(18)5/h7-8,11-12,15-16,19-22H,9-10,13-14H2,1-6H3/t19-,20-,21+,22+,26?/m1/s1. The van der Waals surface area contributed by atoms with E-state index < -0.39 is 13.6 Å². The fourth-order valence-electron chi connectivity index (χ4n) is 5.95. The first-order valence-corrected chi connectivity index (χ1v) is 12.9. The summed E-state index contributed by atoms with van der Waals surface area (Å²) in [6.45, 7) is 10.6. The minimum Gasteiger partial charge on any atom is -0.468 e. The van der Waals surface area contributed by atoms with Gasteiger partial charge in [-0.05, 0) is 58.6 Å². The number of hydrogen-bond acceptors (Lipinski definition) is 3. The first kappa shape index (κ1) is 22.0. The van der Waals surface area contributed by atoms with Crippen molar-refractivity contribution in [1.82, 2.24) is 14.0 Å². The molecule has 2 saturated heterocycles. The second kappa shape index (κ2) is 8.05. The van der Waals surface area contributed by atoms with Crippen molar-refractivity contribution in [3.8, 4) is 0 Å². The maximum absolute atomic E-state index is 15.2. The van der Waals surface area contributed by atoms with E-state index in [2.05, 4.69) is 56.1 Å². The van der Waals surface area contributed by atoms with E-state index in [0.717, 1.165) is 24.0 Å². The summed E-state index contributed by atoms with van der Waals surface area (Å²) in [4.78, 5) is 12.8. The fraction of sp³-hybridized carbons (Fsp3) is 0.696. The molecule has 1 aromatic carbocycles. The summed E-state index contributed by atoms with van der Waals surface area (Å²) in [6, 6.07) is 8.27. The first-order valence-electron chi connectivity index (χ1n) is 11.3. The quantitative estimate of drug-likeness (QED) is 0.380. The SMILES string of the molecule is COC(=O)[C@@H]1[C@H](c2ccccc2C)N1P1(=O)N(C(C)C)[C@@H]2CCCC[C@H]2N1C(C)C. The summed E-state index contributed by atoms with van der Waals surface area (Å²) in [5.74, 6) is -0.291. The molecular formula is C23H36N3O3P. The van der Waals surface area contributed by atoms with E-state index in [9.17, 15) is 4.79 Å². The number of carbonyl (C=O) groups is 1. The van der Waals surface area contributed by atoms with Gasteiger partial charge >= 0.3 is 5.97 Å². The summed E-state index contributed by atoms with van der Waals surface area (Å²) in [7, 11) is -1.71. The highest BCUT2D eigenvalue weighted by Crippen LogP contribution is 2.75. The van der Waals surface area contributed by atoms with Crippen molar-refractivity contribution in [1.29, 1.82) is 0 Å². The lowest BCUT2D eigenvalue weighted by Gasteiger charge is -2.37. The van der Waals surface area contributed by atoms with Crippen molar-refractivity contribution < 1.29 is 14.1 Å². The van der Waals surface area contributed by atoms with E-state index in [4.69, 9.17) is 4.74 Å². The van der Waals surface area contributed by atoms with Crippen molar-refractivity contribution in [3.05, 3.63) is 35.4 Å². The summed E-state index contributed by atoms with van der Waals surface area (Å²) in [6.07, 6.45) is 4.50. The molecule has 1 aromatic rings. The number of rotatable bonds is 5. The Morgan fingerprint density at radius 2 is 1.57 bits per heavy atom. The van der Waals surface area contributed by atoms with Gasteiger partial charge in [-0.2, -0.15) is 0 Å². The van der Waals surface area contributed by atoms with E-state index in [-0.39, 0.29) is 36.2 Å². The molecule has 30 heavy (non-hydrogen) atoms. The average molecular weight is 434 g/mol. The molecule has 0 bridgehead atoms. The zero-order chi connectivity index (χ0) is 21.8. The highest BCUT2D eigenvalue weighted by molar-refractivity contribution is 7.57. The van der Waals surface area contributed by atoms with Gasteiger partial charge in [0.05, 0.1) is 13.2 Å².